The Morgan fingerprint density at radius 3 is 2.44 bits per heavy atom. The van der Waals surface area contributed by atoms with E-state index in [0.717, 1.165) is 24.0 Å². The summed E-state index contributed by atoms with van der Waals surface area (Å²) < 4.78 is 6.55. The van der Waals surface area contributed by atoms with Crippen LogP contribution in [0.2, 0.25) is 0 Å². The summed E-state index contributed by atoms with van der Waals surface area (Å²) in [5, 5.41) is 3.27. The van der Waals surface area contributed by atoms with Gasteiger partial charge in [0.15, 0.2) is 0 Å². The van der Waals surface area contributed by atoms with Gasteiger partial charge >= 0.3 is 0 Å². The number of amides is 1. The summed E-state index contributed by atoms with van der Waals surface area (Å²) in [6, 6.07) is 13.7. The van der Waals surface area contributed by atoms with Gasteiger partial charge < -0.3 is 10.1 Å². The molecule has 1 aromatic heterocycles. The number of pyridine rings is 1. The topological polar surface area (TPSA) is 51.2 Å². The second-order valence-corrected chi connectivity index (χ2v) is 7.85. The lowest BCUT2D eigenvalue weighted by molar-refractivity contribution is -0.0947. The highest BCUT2D eigenvalue weighted by Crippen LogP contribution is 2.38. The van der Waals surface area contributed by atoms with Gasteiger partial charge in [0.1, 0.15) is 0 Å². The van der Waals surface area contributed by atoms with Crippen molar-refractivity contribution < 1.29 is 9.53 Å². The van der Waals surface area contributed by atoms with E-state index in [2.05, 4.69) is 10.3 Å². The van der Waals surface area contributed by atoms with Crippen LogP contribution in [0.15, 0.2) is 54.9 Å². The third-order valence-electron chi connectivity index (χ3n) is 5.98. The maximum atomic E-state index is 12.7. The number of rotatable bonds is 4. The molecule has 1 aliphatic carbocycles. The molecule has 0 bridgehead atoms. The van der Waals surface area contributed by atoms with Crippen molar-refractivity contribution in [2.75, 3.05) is 0 Å². The molecule has 2 heterocycles. The number of nitrogens with one attached hydrogen (secondary N) is 1. The fourth-order valence-corrected chi connectivity index (χ4v) is 4.54. The van der Waals surface area contributed by atoms with E-state index < -0.39 is 0 Å². The van der Waals surface area contributed by atoms with Crippen molar-refractivity contribution in [3.05, 3.63) is 66.0 Å². The minimum absolute atomic E-state index is 0.0124. The Kier molecular flexibility index (Phi) is 5.83. The molecule has 4 rings (SSSR count). The van der Waals surface area contributed by atoms with Crippen LogP contribution in [0, 0.1) is 5.92 Å². The third-order valence-corrected chi connectivity index (χ3v) is 5.98. The molecular weight excluding hydrogens is 336 g/mol. The monoisotopic (exact) mass is 364 g/mol. The molecule has 2 aliphatic rings. The van der Waals surface area contributed by atoms with Crippen molar-refractivity contribution in [1.29, 1.82) is 0 Å². The van der Waals surface area contributed by atoms with Gasteiger partial charge in [-0.3, -0.25) is 9.78 Å². The fraction of sp³-hybridized carbons (Fsp3) is 0.478. The number of hydrogen-bond donors (Lipinski definition) is 1. The number of carbonyl (C=O) groups is 1. The van der Waals surface area contributed by atoms with Crippen molar-refractivity contribution in [1.82, 2.24) is 10.3 Å². The number of nitrogens with zero attached hydrogens (tertiary/aromatic N) is 1. The van der Waals surface area contributed by atoms with Crippen LogP contribution in [0.1, 0.15) is 67.0 Å². The Morgan fingerprint density at radius 1 is 0.963 bits per heavy atom. The average Bonchev–Trinajstić information content (AvgIpc) is 2.75. The Balaban J connectivity index is 1.50. The minimum Gasteiger partial charge on any atom is -0.370 e. The normalized spacial score (nSPS) is 26.4. The summed E-state index contributed by atoms with van der Waals surface area (Å²) in [7, 11) is 0. The average molecular weight is 364 g/mol. The number of aromatic nitrogens is 1. The quantitative estimate of drug-likeness (QED) is 0.857. The lowest BCUT2D eigenvalue weighted by Crippen LogP contribution is -2.45. The molecule has 0 unspecified atom stereocenters. The molecule has 1 aromatic carbocycles. The number of hydrogen-bond acceptors (Lipinski definition) is 3. The summed E-state index contributed by atoms with van der Waals surface area (Å²) in [4.78, 5) is 16.8. The zero-order valence-electron chi connectivity index (χ0n) is 15.7. The highest BCUT2D eigenvalue weighted by atomic mass is 16.5. The summed E-state index contributed by atoms with van der Waals surface area (Å²) >= 11 is 0. The molecule has 1 amide bonds. The van der Waals surface area contributed by atoms with Crippen LogP contribution in [0.3, 0.4) is 0 Å². The van der Waals surface area contributed by atoms with Crippen molar-refractivity contribution >= 4 is 5.91 Å². The molecule has 1 aliphatic heterocycles. The van der Waals surface area contributed by atoms with Crippen LogP contribution in [-0.2, 0) is 4.74 Å². The van der Waals surface area contributed by atoms with E-state index in [0.29, 0.717) is 5.92 Å². The van der Waals surface area contributed by atoms with Gasteiger partial charge in [-0.15, -0.1) is 0 Å². The molecule has 4 nitrogen and oxygen atoms in total. The van der Waals surface area contributed by atoms with Crippen LogP contribution in [0.4, 0.5) is 0 Å². The van der Waals surface area contributed by atoms with Crippen molar-refractivity contribution in [2.24, 2.45) is 5.92 Å². The van der Waals surface area contributed by atoms with E-state index in [-0.39, 0.29) is 24.2 Å². The first-order valence-electron chi connectivity index (χ1n) is 10.2. The highest BCUT2D eigenvalue weighted by Gasteiger charge is 2.36. The first kappa shape index (κ1) is 18.2. The molecule has 0 spiro atoms. The fourth-order valence-electron chi connectivity index (χ4n) is 4.54. The Hall–Kier alpha value is -2.20. The van der Waals surface area contributed by atoms with E-state index in [1.165, 1.54) is 32.1 Å². The van der Waals surface area contributed by atoms with E-state index >= 15 is 0 Å². The van der Waals surface area contributed by atoms with Crippen molar-refractivity contribution in [3.8, 4) is 0 Å². The lowest BCUT2D eigenvalue weighted by atomic mass is 9.80. The SMILES string of the molecule is O=C(N[C@H]1C[C@@H](C2CCCCC2)O[C@@H](c2ccncc2)C1)c1ccccc1. The van der Waals surface area contributed by atoms with E-state index in [9.17, 15) is 4.79 Å². The second-order valence-electron chi connectivity index (χ2n) is 7.85. The van der Waals surface area contributed by atoms with E-state index in [1.54, 1.807) is 0 Å². The minimum atomic E-state index is 0.0124. The molecule has 3 atom stereocenters. The van der Waals surface area contributed by atoms with Gasteiger partial charge in [0.25, 0.3) is 5.91 Å². The van der Waals surface area contributed by atoms with E-state index in [1.807, 2.05) is 54.9 Å². The Labute approximate surface area is 161 Å². The van der Waals surface area contributed by atoms with Gasteiger partial charge in [-0.05, 0) is 61.4 Å². The number of ether oxygens (including phenoxy) is 1. The van der Waals surface area contributed by atoms with Crippen LogP contribution >= 0.6 is 0 Å². The molecule has 142 valence electrons. The Bertz CT molecular complexity index is 729. The van der Waals surface area contributed by atoms with Gasteiger partial charge in [0.05, 0.1) is 12.2 Å². The van der Waals surface area contributed by atoms with Gasteiger partial charge in [0.2, 0.25) is 0 Å². The molecule has 2 fully saturated rings. The molecule has 0 radical (unpaired) electrons. The summed E-state index contributed by atoms with van der Waals surface area (Å²) in [6.45, 7) is 0. The molecule has 1 N–H and O–H groups in total. The van der Waals surface area contributed by atoms with Crippen molar-refractivity contribution in [3.63, 3.8) is 0 Å². The maximum absolute atomic E-state index is 12.7. The zero-order valence-corrected chi connectivity index (χ0v) is 15.7. The van der Waals surface area contributed by atoms with Crippen molar-refractivity contribution in [2.45, 2.75) is 63.2 Å². The van der Waals surface area contributed by atoms with Crippen LogP contribution in [0.5, 0.6) is 0 Å². The molecular formula is C23H28N2O2. The summed E-state index contributed by atoms with van der Waals surface area (Å²) in [6.07, 6.45) is 12.0. The number of benzene rings is 1. The van der Waals surface area contributed by atoms with Gasteiger partial charge in [-0.2, -0.15) is 0 Å². The molecule has 2 aromatic rings. The largest absolute Gasteiger partial charge is 0.370 e. The standard InChI is InChI=1S/C23H28N2O2/c26-23(19-9-5-2-6-10-19)25-20-15-21(17-7-3-1-4-8-17)27-22(16-20)18-11-13-24-14-12-18/h2,5-6,9-14,17,20-22H,1,3-4,7-8,15-16H2,(H,25,26)/t20-,21-,22+/m0/s1. The first-order valence-corrected chi connectivity index (χ1v) is 10.2. The predicted octanol–water partition coefficient (Wildman–Crippen LogP) is 4.68. The maximum Gasteiger partial charge on any atom is 0.251 e. The summed E-state index contributed by atoms with van der Waals surface area (Å²) in [5.74, 6) is 0.623. The van der Waals surface area contributed by atoms with Crippen LogP contribution in [-0.4, -0.2) is 23.0 Å². The van der Waals surface area contributed by atoms with Crippen LogP contribution in [0.25, 0.3) is 0 Å². The molecule has 27 heavy (non-hydrogen) atoms. The smallest absolute Gasteiger partial charge is 0.251 e. The molecule has 1 saturated carbocycles. The van der Waals surface area contributed by atoms with E-state index in [4.69, 9.17) is 4.74 Å². The lowest BCUT2D eigenvalue weighted by Gasteiger charge is -2.40. The first-order chi connectivity index (χ1) is 13.3. The van der Waals surface area contributed by atoms with Gasteiger partial charge in [0, 0.05) is 24.0 Å². The predicted molar refractivity (Wildman–Crippen MR) is 105 cm³/mol. The summed E-state index contributed by atoms with van der Waals surface area (Å²) in [5.41, 5.74) is 1.88. The third kappa shape index (κ3) is 4.56. The Morgan fingerprint density at radius 2 is 1.70 bits per heavy atom. The molecule has 1 saturated heterocycles. The highest BCUT2D eigenvalue weighted by molar-refractivity contribution is 5.94. The van der Waals surface area contributed by atoms with Crippen LogP contribution < -0.4 is 5.32 Å². The molecule has 4 heteroatoms. The second kappa shape index (κ2) is 8.66. The van der Waals surface area contributed by atoms with Gasteiger partial charge in [-0.25, -0.2) is 0 Å². The van der Waals surface area contributed by atoms with Gasteiger partial charge in [-0.1, -0.05) is 37.5 Å². The zero-order chi connectivity index (χ0) is 18.5. The number of carbonyl (C=O) groups excluding carboxylic acids is 1.